The van der Waals surface area contributed by atoms with Crippen LogP contribution in [0, 0.1) is 0 Å². The van der Waals surface area contributed by atoms with Gasteiger partial charge in [0.05, 0.1) is 0 Å². The van der Waals surface area contributed by atoms with Crippen molar-refractivity contribution in [2.75, 3.05) is 19.8 Å². The first kappa shape index (κ1) is 16.6. The molecule has 3 rings (SSSR count). The van der Waals surface area contributed by atoms with E-state index in [2.05, 4.69) is 34.1 Å². The predicted molar refractivity (Wildman–Crippen MR) is 88.8 cm³/mol. The third kappa shape index (κ3) is 3.62. The number of fused-ring (bicyclic) bond motifs is 3. The molecular weight excluding hydrogens is 329 g/mol. The van der Waals surface area contributed by atoms with E-state index in [1.807, 2.05) is 24.3 Å². The van der Waals surface area contributed by atoms with Crippen LogP contribution in [0.4, 0.5) is 4.79 Å². The van der Waals surface area contributed by atoms with E-state index >= 15 is 0 Å². The minimum absolute atomic E-state index is 0.0770. The Hall–Kier alpha value is -2.27. The molecule has 1 atom stereocenters. The standard InChI is InChI=1S/C17H16NO5P/c19-17(22-9-10-23-24(20)21)18-11-16-14-7-3-1-5-12(14)13-6-2-4-8-15(13)16/h1-8,16H,9-11H2,(H-,18,19,20,21)/p+1. The van der Waals surface area contributed by atoms with Crippen molar-refractivity contribution in [1.29, 1.82) is 0 Å². The Kier molecular flexibility index (Phi) is 5.20. The van der Waals surface area contributed by atoms with Gasteiger partial charge in [-0.05, 0) is 22.3 Å². The molecule has 0 bridgehead atoms. The van der Waals surface area contributed by atoms with Crippen LogP contribution >= 0.6 is 8.25 Å². The molecule has 0 heterocycles. The molecule has 6 nitrogen and oxygen atoms in total. The summed E-state index contributed by atoms with van der Waals surface area (Å²) in [5, 5.41) is 2.74. The summed E-state index contributed by atoms with van der Waals surface area (Å²) in [6.45, 7) is 0.224. The molecule has 0 radical (unpaired) electrons. The van der Waals surface area contributed by atoms with Gasteiger partial charge in [-0.15, -0.1) is 9.42 Å². The first-order chi connectivity index (χ1) is 11.7. The topological polar surface area (TPSA) is 84.9 Å². The zero-order valence-corrected chi connectivity index (χ0v) is 13.7. The lowest BCUT2D eigenvalue weighted by molar-refractivity contribution is 0.123. The van der Waals surface area contributed by atoms with E-state index in [0.717, 1.165) is 0 Å². The highest BCUT2D eigenvalue weighted by molar-refractivity contribution is 7.32. The lowest BCUT2D eigenvalue weighted by atomic mass is 9.97. The van der Waals surface area contributed by atoms with Crippen molar-refractivity contribution in [3.8, 4) is 11.1 Å². The Labute approximate surface area is 140 Å². The highest BCUT2D eigenvalue weighted by atomic mass is 31.1. The molecule has 0 saturated carbocycles. The first-order valence-corrected chi connectivity index (χ1v) is 8.67. The molecule has 124 valence electrons. The van der Waals surface area contributed by atoms with Crippen LogP contribution in [0.2, 0.25) is 0 Å². The van der Waals surface area contributed by atoms with Crippen molar-refractivity contribution in [3.63, 3.8) is 0 Å². The minimum Gasteiger partial charge on any atom is -0.447 e. The second-order valence-electron chi connectivity index (χ2n) is 5.31. The Morgan fingerprint density at radius 1 is 1.04 bits per heavy atom. The van der Waals surface area contributed by atoms with Crippen LogP contribution < -0.4 is 5.32 Å². The summed E-state index contributed by atoms with van der Waals surface area (Å²) in [5.41, 5.74) is 4.74. The van der Waals surface area contributed by atoms with E-state index in [9.17, 15) is 9.36 Å². The highest BCUT2D eigenvalue weighted by Gasteiger charge is 2.28. The lowest BCUT2D eigenvalue weighted by Gasteiger charge is -2.14. The van der Waals surface area contributed by atoms with Crippen molar-refractivity contribution in [3.05, 3.63) is 59.7 Å². The van der Waals surface area contributed by atoms with Gasteiger partial charge in [-0.25, -0.2) is 4.79 Å². The summed E-state index contributed by atoms with van der Waals surface area (Å²) < 4.78 is 19.7. The van der Waals surface area contributed by atoms with E-state index in [4.69, 9.17) is 9.63 Å². The zero-order chi connectivity index (χ0) is 16.9. The summed E-state index contributed by atoms with van der Waals surface area (Å²) in [7, 11) is -2.67. The fourth-order valence-electron chi connectivity index (χ4n) is 2.97. The number of ether oxygens (including phenoxy) is 1. The molecule has 1 unspecified atom stereocenters. The van der Waals surface area contributed by atoms with Crippen LogP contribution in [0.25, 0.3) is 11.1 Å². The molecule has 2 aromatic carbocycles. The van der Waals surface area contributed by atoms with Gasteiger partial charge in [0.2, 0.25) is 0 Å². The van der Waals surface area contributed by atoms with Gasteiger partial charge in [0.25, 0.3) is 0 Å². The van der Waals surface area contributed by atoms with Crippen molar-refractivity contribution in [2.24, 2.45) is 0 Å². The molecular formula is C17H17NO5P+. The largest absolute Gasteiger partial charge is 0.694 e. The quantitative estimate of drug-likeness (QED) is 0.620. The fraction of sp³-hybridized carbons (Fsp3) is 0.235. The summed E-state index contributed by atoms with van der Waals surface area (Å²) in [6.07, 6.45) is -0.575. The molecule has 1 aliphatic carbocycles. The Morgan fingerprint density at radius 2 is 1.62 bits per heavy atom. The van der Waals surface area contributed by atoms with Crippen LogP contribution in [0.3, 0.4) is 0 Å². The lowest BCUT2D eigenvalue weighted by Crippen LogP contribution is -2.29. The Bertz CT molecular complexity index is 719. The second kappa shape index (κ2) is 7.53. The first-order valence-electron chi connectivity index (χ1n) is 7.54. The Morgan fingerprint density at radius 3 is 2.21 bits per heavy atom. The maximum Gasteiger partial charge on any atom is 0.694 e. The summed E-state index contributed by atoms with van der Waals surface area (Å²) in [4.78, 5) is 20.2. The van der Waals surface area contributed by atoms with Crippen LogP contribution in [-0.2, 0) is 13.8 Å². The van der Waals surface area contributed by atoms with E-state index in [0.29, 0.717) is 6.54 Å². The van der Waals surface area contributed by atoms with Crippen LogP contribution in [0.5, 0.6) is 0 Å². The SMILES string of the molecule is O=C(NCC1c2ccccc2-c2ccccc21)OCCO[P+](=O)O. The molecule has 0 aromatic heterocycles. The van der Waals surface area contributed by atoms with Crippen molar-refractivity contribution >= 4 is 14.3 Å². The second-order valence-corrected chi connectivity index (χ2v) is 6.05. The molecule has 7 heteroatoms. The number of hydrogen-bond donors (Lipinski definition) is 2. The molecule has 0 aliphatic heterocycles. The third-order valence-electron chi connectivity index (χ3n) is 3.93. The molecule has 2 N–H and O–H groups in total. The number of alkyl carbamates (subject to hydrolysis) is 1. The number of carbonyl (C=O) groups excluding carboxylic acids is 1. The molecule has 0 saturated heterocycles. The van der Waals surface area contributed by atoms with Gasteiger partial charge in [-0.1, -0.05) is 48.5 Å². The minimum atomic E-state index is -2.67. The molecule has 1 amide bonds. The van der Waals surface area contributed by atoms with Crippen LogP contribution in [0.1, 0.15) is 17.0 Å². The van der Waals surface area contributed by atoms with Gasteiger partial charge >= 0.3 is 14.3 Å². The smallest absolute Gasteiger partial charge is 0.447 e. The van der Waals surface area contributed by atoms with Gasteiger partial charge in [-0.2, -0.15) is 0 Å². The van der Waals surface area contributed by atoms with Crippen LogP contribution in [-0.4, -0.2) is 30.7 Å². The average Bonchev–Trinajstić information content (AvgIpc) is 2.91. The summed E-state index contributed by atoms with van der Waals surface area (Å²) in [6, 6.07) is 16.3. The molecule has 0 spiro atoms. The average molecular weight is 346 g/mol. The maximum absolute atomic E-state index is 11.7. The van der Waals surface area contributed by atoms with Crippen molar-refractivity contribution in [2.45, 2.75) is 5.92 Å². The number of amides is 1. The van der Waals surface area contributed by atoms with E-state index < -0.39 is 14.3 Å². The number of nitrogens with one attached hydrogen (secondary N) is 1. The third-order valence-corrected chi connectivity index (χ3v) is 4.33. The van der Waals surface area contributed by atoms with Gasteiger partial charge in [-0.3, -0.25) is 0 Å². The number of rotatable bonds is 6. The van der Waals surface area contributed by atoms with Gasteiger partial charge in [0, 0.05) is 17.0 Å². The molecule has 24 heavy (non-hydrogen) atoms. The predicted octanol–water partition coefficient (Wildman–Crippen LogP) is 3.19. The zero-order valence-electron chi connectivity index (χ0n) is 12.8. The Balaban J connectivity index is 1.61. The van der Waals surface area contributed by atoms with Gasteiger partial charge in [0.15, 0.2) is 0 Å². The maximum atomic E-state index is 11.7. The van der Waals surface area contributed by atoms with E-state index in [1.165, 1.54) is 22.3 Å². The van der Waals surface area contributed by atoms with Crippen molar-refractivity contribution in [1.82, 2.24) is 5.32 Å². The number of carbonyl (C=O) groups is 1. The fourth-order valence-corrected chi connectivity index (χ4v) is 3.20. The van der Waals surface area contributed by atoms with E-state index in [-0.39, 0.29) is 19.1 Å². The van der Waals surface area contributed by atoms with Crippen LogP contribution in [0.15, 0.2) is 48.5 Å². The van der Waals surface area contributed by atoms with Gasteiger partial charge in [0.1, 0.15) is 13.2 Å². The van der Waals surface area contributed by atoms with E-state index in [1.54, 1.807) is 0 Å². The molecule has 2 aromatic rings. The molecule has 1 aliphatic rings. The monoisotopic (exact) mass is 346 g/mol. The molecule has 0 fully saturated rings. The normalized spacial score (nSPS) is 13.1. The van der Waals surface area contributed by atoms with Crippen molar-refractivity contribution < 1.29 is 23.5 Å². The van der Waals surface area contributed by atoms with Gasteiger partial charge < -0.3 is 10.1 Å². The highest BCUT2D eigenvalue weighted by Crippen LogP contribution is 2.43. The summed E-state index contributed by atoms with van der Waals surface area (Å²) >= 11 is 0. The number of benzene rings is 2. The number of hydrogen-bond acceptors (Lipinski definition) is 4. The summed E-state index contributed by atoms with van der Waals surface area (Å²) in [5.74, 6) is 0.0770.